The normalized spacial score (nSPS) is 10.3. The molecule has 2 rings (SSSR count). The molecule has 0 bridgehead atoms. The lowest BCUT2D eigenvalue weighted by Gasteiger charge is -2.02. The van der Waals surface area contributed by atoms with E-state index in [0.29, 0.717) is 21.0 Å². The van der Waals surface area contributed by atoms with Crippen LogP contribution in [0, 0.1) is 5.82 Å². The number of nitrogens with zero attached hydrogens (tertiary/aromatic N) is 2. The summed E-state index contributed by atoms with van der Waals surface area (Å²) in [5.41, 5.74) is 0.611. The van der Waals surface area contributed by atoms with Gasteiger partial charge in [0.15, 0.2) is 5.82 Å². The van der Waals surface area contributed by atoms with Crippen molar-refractivity contribution in [3.05, 3.63) is 45.9 Å². The average Bonchev–Trinajstić information content (AvgIpc) is 2.17. The van der Waals surface area contributed by atoms with Gasteiger partial charge in [0.1, 0.15) is 10.4 Å². The highest BCUT2D eigenvalue weighted by Gasteiger charge is 2.07. The molecule has 1 heterocycles. The first-order valence-corrected chi connectivity index (χ1v) is 5.28. The molecule has 0 spiro atoms. The van der Waals surface area contributed by atoms with Gasteiger partial charge in [-0.15, -0.1) is 0 Å². The van der Waals surface area contributed by atoms with Gasteiger partial charge in [-0.05, 0) is 40.2 Å². The van der Waals surface area contributed by atoms with Crippen molar-refractivity contribution in [3.63, 3.8) is 0 Å². The zero-order valence-corrected chi connectivity index (χ0v) is 9.76. The molecule has 0 radical (unpaired) electrons. The summed E-state index contributed by atoms with van der Waals surface area (Å²) in [6.45, 7) is 0. The van der Waals surface area contributed by atoms with Crippen LogP contribution < -0.4 is 0 Å². The minimum atomic E-state index is -0.376. The molecular formula is C10H5BrClFN2. The van der Waals surface area contributed by atoms with Crippen molar-refractivity contribution in [1.82, 2.24) is 9.97 Å². The highest BCUT2D eigenvalue weighted by atomic mass is 79.9. The number of rotatable bonds is 1. The Kier molecular flexibility index (Phi) is 2.98. The quantitative estimate of drug-likeness (QED) is 0.747. The third kappa shape index (κ3) is 2.33. The van der Waals surface area contributed by atoms with Gasteiger partial charge in [0.05, 0.1) is 5.02 Å². The van der Waals surface area contributed by atoms with E-state index in [0.717, 1.165) is 0 Å². The summed E-state index contributed by atoms with van der Waals surface area (Å²) in [4.78, 5) is 8.18. The zero-order chi connectivity index (χ0) is 10.8. The molecule has 0 saturated heterocycles. The molecule has 15 heavy (non-hydrogen) atoms. The minimum Gasteiger partial charge on any atom is -0.236 e. The van der Waals surface area contributed by atoms with Gasteiger partial charge in [0.2, 0.25) is 0 Å². The van der Waals surface area contributed by atoms with Gasteiger partial charge < -0.3 is 0 Å². The number of benzene rings is 1. The largest absolute Gasteiger partial charge is 0.236 e. The van der Waals surface area contributed by atoms with Gasteiger partial charge >= 0.3 is 0 Å². The van der Waals surface area contributed by atoms with Crippen LogP contribution in [0.25, 0.3) is 11.4 Å². The molecule has 0 atom stereocenters. The van der Waals surface area contributed by atoms with Crippen LogP contribution in [0.5, 0.6) is 0 Å². The minimum absolute atomic E-state index is 0.299. The first-order valence-electron chi connectivity index (χ1n) is 4.11. The van der Waals surface area contributed by atoms with Crippen LogP contribution in [0.1, 0.15) is 0 Å². The van der Waals surface area contributed by atoms with Crippen LogP contribution in [0.4, 0.5) is 4.39 Å². The van der Waals surface area contributed by atoms with Crippen LogP contribution in [0.2, 0.25) is 5.02 Å². The highest BCUT2D eigenvalue weighted by Crippen LogP contribution is 2.26. The topological polar surface area (TPSA) is 25.8 Å². The predicted molar refractivity (Wildman–Crippen MR) is 60.1 cm³/mol. The molecule has 5 heteroatoms. The number of aromatic nitrogens is 2. The van der Waals surface area contributed by atoms with E-state index in [-0.39, 0.29) is 5.82 Å². The van der Waals surface area contributed by atoms with Crippen molar-refractivity contribution in [3.8, 4) is 11.4 Å². The standard InChI is InChI=1S/C10H5BrClFN2/c11-9-3-4-14-10(15-9)7-2-1-6(13)5-8(7)12/h1-5H. The van der Waals surface area contributed by atoms with E-state index in [1.54, 1.807) is 18.3 Å². The SMILES string of the molecule is Fc1ccc(-c2nccc(Br)n2)c(Cl)c1. The summed E-state index contributed by atoms with van der Waals surface area (Å²) in [5, 5.41) is 0.299. The van der Waals surface area contributed by atoms with E-state index in [2.05, 4.69) is 25.9 Å². The third-order valence-corrected chi connectivity index (χ3v) is 2.55. The van der Waals surface area contributed by atoms with Gasteiger partial charge in [0.25, 0.3) is 0 Å². The average molecular weight is 288 g/mol. The maximum absolute atomic E-state index is 12.8. The third-order valence-electron chi connectivity index (χ3n) is 1.79. The molecule has 0 fully saturated rings. The van der Waals surface area contributed by atoms with E-state index < -0.39 is 0 Å². The summed E-state index contributed by atoms with van der Waals surface area (Å²) >= 11 is 9.11. The Bertz CT molecular complexity index is 505. The maximum atomic E-state index is 12.8. The zero-order valence-electron chi connectivity index (χ0n) is 7.42. The predicted octanol–water partition coefficient (Wildman–Crippen LogP) is 3.70. The van der Waals surface area contributed by atoms with Crippen molar-refractivity contribution in [2.45, 2.75) is 0 Å². The molecule has 76 valence electrons. The highest BCUT2D eigenvalue weighted by molar-refractivity contribution is 9.10. The van der Waals surface area contributed by atoms with Gasteiger partial charge in [-0.3, -0.25) is 0 Å². The molecule has 2 nitrogen and oxygen atoms in total. The molecule has 0 N–H and O–H groups in total. The fourth-order valence-electron chi connectivity index (χ4n) is 1.14. The van der Waals surface area contributed by atoms with E-state index in [4.69, 9.17) is 11.6 Å². The first-order chi connectivity index (χ1) is 7.16. The van der Waals surface area contributed by atoms with Gasteiger partial charge in [-0.1, -0.05) is 11.6 Å². The van der Waals surface area contributed by atoms with Crippen LogP contribution in [-0.4, -0.2) is 9.97 Å². The van der Waals surface area contributed by atoms with Crippen molar-refractivity contribution < 1.29 is 4.39 Å². The van der Waals surface area contributed by atoms with Gasteiger partial charge in [-0.25, -0.2) is 14.4 Å². The smallest absolute Gasteiger partial charge is 0.161 e. The Hall–Kier alpha value is -1.00. The molecule has 0 aliphatic carbocycles. The lowest BCUT2D eigenvalue weighted by atomic mass is 10.2. The molecule has 0 aliphatic heterocycles. The molecule has 1 aromatic heterocycles. The molecule has 1 aromatic carbocycles. The van der Waals surface area contributed by atoms with Crippen molar-refractivity contribution in [2.24, 2.45) is 0 Å². The van der Waals surface area contributed by atoms with Crippen LogP contribution in [0.15, 0.2) is 35.1 Å². The molecule has 0 aliphatic rings. The fourth-order valence-corrected chi connectivity index (χ4v) is 1.68. The second-order valence-electron chi connectivity index (χ2n) is 2.83. The van der Waals surface area contributed by atoms with E-state index in [1.165, 1.54) is 12.1 Å². The number of hydrogen-bond acceptors (Lipinski definition) is 2. The van der Waals surface area contributed by atoms with Gasteiger partial charge in [0, 0.05) is 11.8 Å². The van der Waals surface area contributed by atoms with E-state index in [9.17, 15) is 4.39 Å². The fraction of sp³-hybridized carbons (Fsp3) is 0. The molecule has 0 saturated carbocycles. The molecule has 2 aromatic rings. The summed E-state index contributed by atoms with van der Waals surface area (Å²) in [5.74, 6) is 0.0909. The molecule has 0 amide bonds. The Morgan fingerprint density at radius 1 is 1.27 bits per heavy atom. The Labute approximate surface area is 99.3 Å². The Morgan fingerprint density at radius 3 is 2.73 bits per heavy atom. The van der Waals surface area contributed by atoms with Crippen molar-refractivity contribution in [1.29, 1.82) is 0 Å². The van der Waals surface area contributed by atoms with Crippen LogP contribution in [-0.2, 0) is 0 Å². The van der Waals surface area contributed by atoms with Crippen molar-refractivity contribution >= 4 is 27.5 Å². The lowest BCUT2D eigenvalue weighted by molar-refractivity contribution is 0.628. The second-order valence-corrected chi connectivity index (χ2v) is 4.05. The summed E-state index contributed by atoms with van der Waals surface area (Å²) in [7, 11) is 0. The van der Waals surface area contributed by atoms with Crippen LogP contribution in [0.3, 0.4) is 0 Å². The summed E-state index contributed by atoms with van der Waals surface area (Å²) < 4.78 is 13.5. The molecular weight excluding hydrogens is 282 g/mol. The van der Waals surface area contributed by atoms with Crippen molar-refractivity contribution in [2.75, 3.05) is 0 Å². The second kappa shape index (κ2) is 4.24. The summed E-state index contributed by atoms with van der Waals surface area (Å²) in [6, 6.07) is 5.83. The van der Waals surface area contributed by atoms with E-state index >= 15 is 0 Å². The van der Waals surface area contributed by atoms with E-state index in [1.807, 2.05) is 0 Å². The maximum Gasteiger partial charge on any atom is 0.161 e. The Balaban J connectivity index is 2.54. The van der Waals surface area contributed by atoms with Gasteiger partial charge in [-0.2, -0.15) is 0 Å². The van der Waals surface area contributed by atoms with Crippen LogP contribution >= 0.6 is 27.5 Å². The Morgan fingerprint density at radius 2 is 2.07 bits per heavy atom. The first kappa shape index (κ1) is 10.5. The lowest BCUT2D eigenvalue weighted by Crippen LogP contribution is -1.89. The molecule has 0 unspecified atom stereocenters. The number of hydrogen-bond donors (Lipinski definition) is 0. The monoisotopic (exact) mass is 286 g/mol. The summed E-state index contributed by atoms with van der Waals surface area (Å²) in [6.07, 6.45) is 1.60. The number of halogens is 3.